The van der Waals surface area contributed by atoms with Crippen LogP contribution in [0.1, 0.15) is 36.2 Å². The van der Waals surface area contributed by atoms with Crippen molar-refractivity contribution in [3.8, 4) is 5.75 Å². The number of benzene rings is 2. The second kappa shape index (κ2) is 7.79. The van der Waals surface area contributed by atoms with Crippen molar-refractivity contribution in [3.05, 3.63) is 59.7 Å². The van der Waals surface area contributed by atoms with Crippen LogP contribution in [0.2, 0.25) is 0 Å². The van der Waals surface area contributed by atoms with E-state index >= 15 is 0 Å². The van der Waals surface area contributed by atoms with Crippen LogP contribution in [-0.4, -0.2) is 37.7 Å². The summed E-state index contributed by atoms with van der Waals surface area (Å²) in [6.07, 6.45) is 0.727. The Morgan fingerprint density at radius 2 is 1.81 bits per heavy atom. The van der Waals surface area contributed by atoms with E-state index < -0.39 is 5.66 Å². The van der Waals surface area contributed by atoms with Crippen molar-refractivity contribution in [3.63, 3.8) is 0 Å². The molecule has 1 atom stereocenters. The molecular weight excluding hydrogens is 328 g/mol. The van der Waals surface area contributed by atoms with Crippen molar-refractivity contribution in [2.24, 2.45) is 0 Å². The predicted octanol–water partition coefficient (Wildman–Crippen LogP) is 3.86. The zero-order valence-corrected chi connectivity index (χ0v) is 15.6. The molecule has 1 amide bonds. The fourth-order valence-electron chi connectivity index (χ4n) is 3.57. The molecule has 0 saturated carbocycles. The fraction of sp³-hybridized carbons (Fsp3) is 0.381. The molecule has 0 fully saturated rings. The summed E-state index contributed by atoms with van der Waals surface area (Å²) >= 11 is 0. The lowest BCUT2D eigenvalue weighted by atomic mass is 9.89. The number of amides is 1. The number of anilines is 1. The molecule has 5 heteroatoms. The quantitative estimate of drug-likeness (QED) is 0.820. The molecule has 0 aromatic heterocycles. The Balaban J connectivity index is 2.07. The Labute approximate surface area is 154 Å². The van der Waals surface area contributed by atoms with Gasteiger partial charge in [0.05, 0.1) is 18.8 Å². The largest absolute Gasteiger partial charge is 0.494 e. The van der Waals surface area contributed by atoms with Crippen LogP contribution in [0, 0.1) is 0 Å². The van der Waals surface area contributed by atoms with Crippen molar-refractivity contribution in [1.82, 2.24) is 4.90 Å². The first kappa shape index (κ1) is 18.3. The third kappa shape index (κ3) is 3.15. The molecule has 0 saturated heterocycles. The van der Waals surface area contributed by atoms with E-state index in [-0.39, 0.29) is 5.91 Å². The van der Waals surface area contributed by atoms with Gasteiger partial charge in [-0.25, -0.2) is 0 Å². The number of nitrogens with zero attached hydrogens (tertiary/aromatic N) is 1. The standard InChI is InChI=1S/C21H26N2O3/c1-4-21(16-10-12-17(13-11-16)26-5-2)22-19-9-7-6-8-18(19)20(24)23(21)14-15-25-3/h6-13,22H,4-5,14-15H2,1-3H3. The number of fused-ring (bicyclic) bond motifs is 1. The zero-order valence-electron chi connectivity index (χ0n) is 15.6. The van der Waals surface area contributed by atoms with Crippen LogP contribution in [-0.2, 0) is 10.4 Å². The molecule has 1 aliphatic rings. The van der Waals surface area contributed by atoms with Crippen molar-refractivity contribution < 1.29 is 14.3 Å². The number of nitrogens with one attached hydrogen (secondary N) is 1. The van der Waals surface area contributed by atoms with Gasteiger partial charge >= 0.3 is 0 Å². The van der Waals surface area contributed by atoms with Gasteiger partial charge in [0.2, 0.25) is 0 Å². The zero-order chi connectivity index (χ0) is 18.6. The molecule has 0 radical (unpaired) electrons. The summed E-state index contributed by atoms with van der Waals surface area (Å²) in [6.45, 7) is 5.67. The number of rotatable bonds is 7. The molecule has 1 heterocycles. The normalized spacial score (nSPS) is 19.0. The van der Waals surface area contributed by atoms with E-state index in [2.05, 4.69) is 12.2 Å². The maximum atomic E-state index is 13.2. The van der Waals surface area contributed by atoms with Gasteiger partial charge in [-0.05, 0) is 43.2 Å². The van der Waals surface area contributed by atoms with Crippen LogP contribution >= 0.6 is 0 Å². The summed E-state index contributed by atoms with van der Waals surface area (Å²) in [6, 6.07) is 15.6. The molecule has 26 heavy (non-hydrogen) atoms. The van der Waals surface area contributed by atoms with Gasteiger partial charge in [-0.2, -0.15) is 0 Å². The summed E-state index contributed by atoms with van der Waals surface area (Å²) in [5.41, 5.74) is 1.97. The fourth-order valence-corrected chi connectivity index (χ4v) is 3.57. The molecule has 1 N–H and O–H groups in total. The molecule has 2 aromatic rings. The van der Waals surface area contributed by atoms with Gasteiger partial charge in [0.1, 0.15) is 11.4 Å². The van der Waals surface area contributed by atoms with Crippen molar-refractivity contribution >= 4 is 11.6 Å². The van der Waals surface area contributed by atoms with Crippen LogP contribution < -0.4 is 10.1 Å². The van der Waals surface area contributed by atoms with Crippen molar-refractivity contribution in [2.45, 2.75) is 25.9 Å². The van der Waals surface area contributed by atoms with Gasteiger partial charge in [0.15, 0.2) is 0 Å². The molecule has 2 aromatic carbocycles. The summed E-state index contributed by atoms with van der Waals surface area (Å²) in [7, 11) is 1.65. The second-order valence-electron chi connectivity index (χ2n) is 6.29. The summed E-state index contributed by atoms with van der Waals surface area (Å²) in [5, 5.41) is 3.63. The monoisotopic (exact) mass is 354 g/mol. The van der Waals surface area contributed by atoms with E-state index in [1.807, 2.05) is 60.4 Å². The lowest BCUT2D eigenvalue weighted by molar-refractivity contribution is 0.0381. The average Bonchev–Trinajstić information content (AvgIpc) is 2.68. The van der Waals surface area contributed by atoms with Crippen LogP contribution in [0.25, 0.3) is 0 Å². The molecule has 3 rings (SSSR count). The third-order valence-electron chi connectivity index (χ3n) is 4.88. The summed E-state index contributed by atoms with van der Waals surface area (Å²) < 4.78 is 10.8. The highest BCUT2D eigenvalue weighted by molar-refractivity contribution is 6.02. The number of methoxy groups -OCH3 is 1. The average molecular weight is 354 g/mol. The minimum atomic E-state index is -0.616. The van der Waals surface area contributed by atoms with E-state index in [0.29, 0.717) is 25.3 Å². The number of ether oxygens (including phenoxy) is 2. The predicted molar refractivity (Wildman–Crippen MR) is 103 cm³/mol. The van der Waals surface area contributed by atoms with E-state index in [1.165, 1.54) is 0 Å². The first-order chi connectivity index (χ1) is 12.7. The van der Waals surface area contributed by atoms with E-state index in [9.17, 15) is 4.79 Å². The molecular formula is C21H26N2O3. The van der Waals surface area contributed by atoms with E-state index in [1.54, 1.807) is 7.11 Å². The Morgan fingerprint density at radius 3 is 2.46 bits per heavy atom. The lowest BCUT2D eigenvalue weighted by Gasteiger charge is -2.48. The molecule has 0 aliphatic carbocycles. The Bertz CT molecular complexity index is 760. The number of para-hydroxylation sites is 1. The Morgan fingerprint density at radius 1 is 1.08 bits per heavy atom. The van der Waals surface area contributed by atoms with E-state index in [0.717, 1.165) is 23.4 Å². The maximum Gasteiger partial charge on any atom is 0.258 e. The Hall–Kier alpha value is -2.53. The van der Waals surface area contributed by atoms with Crippen LogP contribution in [0.15, 0.2) is 48.5 Å². The van der Waals surface area contributed by atoms with Gasteiger partial charge in [-0.1, -0.05) is 31.2 Å². The number of carbonyl (C=O) groups is 1. The van der Waals surface area contributed by atoms with Crippen molar-refractivity contribution in [1.29, 1.82) is 0 Å². The minimum Gasteiger partial charge on any atom is -0.494 e. The SMILES string of the molecule is CCOc1ccc(C2(CC)Nc3ccccc3C(=O)N2CCOC)cc1. The lowest BCUT2D eigenvalue weighted by Crippen LogP contribution is -2.58. The molecule has 1 aliphatic heterocycles. The highest BCUT2D eigenvalue weighted by Gasteiger charge is 2.44. The second-order valence-corrected chi connectivity index (χ2v) is 6.29. The van der Waals surface area contributed by atoms with E-state index in [4.69, 9.17) is 9.47 Å². The maximum absolute atomic E-state index is 13.2. The summed E-state index contributed by atoms with van der Waals surface area (Å²) in [5.74, 6) is 0.848. The van der Waals surface area contributed by atoms with Crippen LogP contribution in [0.5, 0.6) is 5.75 Å². The molecule has 1 unspecified atom stereocenters. The molecule has 5 nitrogen and oxygen atoms in total. The number of hydrogen-bond acceptors (Lipinski definition) is 4. The molecule has 0 spiro atoms. The Kier molecular flexibility index (Phi) is 5.47. The van der Waals surface area contributed by atoms with Gasteiger partial charge < -0.3 is 19.7 Å². The smallest absolute Gasteiger partial charge is 0.258 e. The highest BCUT2D eigenvalue weighted by Crippen LogP contribution is 2.40. The first-order valence-electron chi connectivity index (χ1n) is 9.07. The molecule has 138 valence electrons. The van der Waals surface area contributed by atoms with Crippen molar-refractivity contribution in [2.75, 3.05) is 32.2 Å². The third-order valence-corrected chi connectivity index (χ3v) is 4.88. The highest BCUT2D eigenvalue weighted by atomic mass is 16.5. The number of hydrogen-bond donors (Lipinski definition) is 1. The topological polar surface area (TPSA) is 50.8 Å². The van der Waals surface area contributed by atoms with Gasteiger partial charge in [0.25, 0.3) is 5.91 Å². The van der Waals surface area contributed by atoms with Gasteiger partial charge in [-0.15, -0.1) is 0 Å². The van der Waals surface area contributed by atoms with Gasteiger partial charge in [0, 0.05) is 19.3 Å². The summed E-state index contributed by atoms with van der Waals surface area (Å²) in [4.78, 5) is 15.1. The van der Waals surface area contributed by atoms with Crippen LogP contribution in [0.4, 0.5) is 5.69 Å². The molecule has 0 bridgehead atoms. The number of carbonyl (C=O) groups excluding carboxylic acids is 1. The van der Waals surface area contributed by atoms with Gasteiger partial charge in [-0.3, -0.25) is 4.79 Å². The minimum absolute atomic E-state index is 0.0205. The first-order valence-corrected chi connectivity index (χ1v) is 9.07. The van der Waals surface area contributed by atoms with Crippen LogP contribution in [0.3, 0.4) is 0 Å².